The number of carbonyl (C=O) groups is 2. The van der Waals surface area contributed by atoms with Gasteiger partial charge in [-0.15, -0.1) is 11.3 Å². The number of aryl methyl sites for hydroxylation is 1. The van der Waals surface area contributed by atoms with E-state index in [1.807, 2.05) is 0 Å². The van der Waals surface area contributed by atoms with E-state index in [-0.39, 0.29) is 0 Å². The highest BCUT2D eigenvalue weighted by Gasteiger charge is 2.26. The number of anilines is 1. The summed E-state index contributed by atoms with van der Waals surface area (Å²) in [6.45, 7) is 0. The van der Waals surface area contributed by atoms with Crippen LogP contribution in [0.2, 0.25) is 0 Å². The summed E-state index contributed by atoms with van der Waals surface area (Å²) in [5.41, 5.74) is 1.51. The molecule has 0 radical (unpaired) electrons. The molecule has 5 nitrogen and oxygen atoms in total. The second kappa shape index (κ2) is 5.39. The average Bonchev–Trinajstić information content (AvgIpc) is 2.75. The van der Waals surface area contributed by atoms with Crippen LogP contribution < -0.4 is 5.32 Å². The van der Waals surface area contributed by atoms with Gasteiger partial charge in [0.15, 0.2) is 0 Å². The Bertz CT molecular complexity index is 481. The number of methoxy groups -OCH3 is 2. The van der Waals surface area contributed by atoms with Gasteiger partial charge in [-0.2, -0.15) is 0 Å². The van der Waals surface area contributed by atoms with E-state index >= 15 is 0 Å². The lowest BCUT2D eigenvalue weighted by atomic mass is 9.95. The number of nitrogens with one attached hydrogen (secondary N) is 1. The van der Waals surface area contributed by atoms with Crippen LogP contribution in [0.1, 0.15) is 33.6 Å². The highest BCUT2D eigenvalue weighted by molar-refractivity contribution is 7.17. The first-order valence-corrected chi connectivity index (χ1v) is 6.56. The minimum Gasteiger partial charge on any atom is -0.465 e. The normalized spacial score (nSPS) is 13.7. The summed E-state index contributed by atoms with van der Waals surface area (Å²) in [7, 11) is 2.64. The third-order valence-electron chi connectivity index (χ3n) is 2.96. The molecule has 0 atom stereocenters. The van der Waals surface area contributed by atoms with E-state index in [1.165, 1.54) is 25.6 Å². The first-order valence-electron chi connectivity index (χ1n) is 5.75. The van der Waals surface area contributed by atoms with Crippen molar-refractivity contribution in [3.8, 4) is 0 Å². The third kappa shape index (κ3) is 2.33. The molecule has 6 heteroatoms. The van der Waals surface area contributed by atoms with Crippen molar-refractivity contribution >= 4 is 28.4 Å². The van der Waals surface area contributed by atoms with Crippen molar-refractivity contribution < 1.29 is 19.1 Å². The van der Waals surface area contributed by atoms with Gasteiger partial charge in [0.1, 0.15) is 5.00 Å². The fourth-order valence-corrected chi connectivity index (χ4v) is 3.38. The third-order valence-corrected chi connectivity index (χ3v) is 4.17. The van der Waals surface area contributed by atoms with Gasteiger partial charge >= 0.3 is 12.1 Å². The number of hydrogen-bond donors (Lipinski definition) is 1. The summed E-state index contributed by atoms with van der Waals surface area (Å²) in [6.07, 6.45) is 3.42. The molecule has 1 aromatic rings. The monoisotopic (exact) mass is 269 g/mol. The number of ether oxygens (including phenoxy) is 2. The first kappa shape index (κ1) is 12.9. The zero-order valence-corrected chi connectivity index (χ0v) is 11.2. The second-order valence-electron chi connectivity index (χ2n) is 4.02. The largest absolute Gasteiger partial charge is 0.465 e. The van der Waals surface area contributed by atoms with Crippen molar-refractivity contribution in [2.45, 2.75) is 25.7 Å². The molecule has 0 fully saturated rings. The van der Waals surface area contributed by atoms with E-state index in [9.17, 15) is 9.59 Å². The van der Waals surface area contributed by atoms with Crippen molar-refractivity contribution in [2.75, 3.05) is 19.5 Å². The van der Waals surface area contributed by atoms with Gasteiger partial charge in [-0.1, -0.05) is 0 Å². The molecular formula is C12H15NO4S. The average molecular weight is 269 g/mol. The minimum absolute atomic E-state index is 0.402. The molecule has 0 spiro atoms. The standard InChI is InChI=1S/C12H15NO4S/c1-16-11(14)9-7-5-3-4-6-8(7)18-10(9)13-12(15)17-2/h3-6H2,1-2H3,(H,13,15). The molecule has 1 aliphatic carbocycles. The molecule has 0 aromatic carbocycles. The topological polar surface area (TPSA) is 64.6 Å². The first-order chi connectivity index (χ1) is 8.67. The van der Waals surface area contributed by atoms with Crippen LogP contribution in [0.25, 0.3) is 0 Å². The zero-order chi connectivity index (χ0) is 13.1. The Morgan fingerprint density at radius 3 is 2.56 bits per heavy atom. The number of hydrogen-bond acceptors (Lipinski definition) is 5. The van der Waals surface area contributed by atoms with Crippen LogP contribution in [0.4, 0.5) is 9.80 Å². The van der Waals surface area contributed by atoms with Gasteiger partial charge < -0.3 is 9.47 Å². The highest BCUT2D eigenvalue weighted by atomic mass is 32.1. The summed E-state index contributed by atoms with van der Waals surface area (Å²) in [4.78, 5) is 24.3. The van der Waals surface area contributed by atoms with Gasteiger partial charge in [0.25, 0.3) is 0 Å². The van der Waals surface area contributed by atoms with Crippen LogP contribution in [-0.4, -0.2) is 26.3 Å². The number of carbonyl (C=O) groups excluding carboxylic acids is 2. The summed E-state index contributed by atoms with van der Waals surface area (Å²) < 4.78 is 9.35. The zero-order valence-electron chi connectivity index (χ0n) is 10.4. The summed E-state index contributed by atoms with van der Waals surface area (Å²) in [5.74, 6) is -0.402. The van der Waals surface area contributed by atoms with E-state index in [4.69, 9.17) is 4.74 Å². The highest BCUT2D eigenvalue weighted by Crippen LogP contribution is 2.38. The number of fused-ring (bicyclic) bond motifs is 1. The summed E-state index contributed by atoms with van der Waals surface area (Å²) in [5, 5.41) is 3.12. The van der Waals surface area contributed by atoms with Crippen molar-refractivity contribution in [1.82, 2.24) is 0 Å². The maximum atomic E-state index is 11.8. The smallest absolute Gasteiger partial charge is 0.411 e. The lowest BCUT2D eigenvalue weighted by Crippen LogP contribution is -2.14. The molecule has 1 heterocycles. The van der Waals surface area contributed by atoms with Crippen molar-refractivity contribution in [3.63, 3.8) is 0 Å². The molecule has 1 aliphatic rings. The fraction of sp³-hybridized carbons (Fsp3) is 0.500. The van der Waals surface area contributed by atoms with Crippen LogP contribution in [0.5, 0.6) is 0 Å². The molecule has 0 saturated carbocycles. The molecule has 0 saturated heterocycles. The SMILES string of the molecule is COC(=O)Nc1sc2c(c1C(=O)OC)CCCC2. The van der Waals surface area contributed by atoms with Gasteiger partial charge in [0.2, 0.25) is 0 Å². The summed E-state index contributed by atoms with van der Waals surface area (Å²) in [6, 6.07) is 0. The van der Waals surface area contributed by atoms with Crippen molar-refractivity contribution in [2.24, 2.45) is 0 Å². The Labute approximate surface area is 109 Å². The predicted molar refractivity (Wildman–Crippen MR) is 68.3 cm³/mol. The molecule has 0 unspecified atom stereocenters. The Morgan fingerprint density at radius 1 is 1.17 bits per heavy atom. The molecule has 1 aromatic heterocycles. The van der Waals surface area contributed by atoms with Crippen LogP contribution in [0, 0.1) is 0 Å². The number of rotatable bonds is 2. The number of esters is 1. The maximum absolute atomic E-state index is 11.8. The van der Waals surface area contributed by atoms with Gasteiger partial charge in [-0.25, -0.2) is 9.59 Å². The van der Waals surface area contributed by atoms with E-state index in [2.05, 4.69) is 10.1 Å². The van der Waals surface area contributed by atoms with Gasteiger partial charge in [-0.05, 0) is 31.2 Å². The Balaban J connectivity index is 2.41. The molecule has 2 rings (SSSR count). The van der Waals surface area contributed by atoms with Crippen molar-refractivity contribution in [3.05, 3.63) is 16.0 Å². The van der Waals surface area contributed by atoms with Gasteiger partial charge in [0, 0.05) is 4.88 Å². The van der Waals surface area contributed by atoms with Crippen LogP contribution in [0.15, 0.2) is 0 Å². The number of thiophene rings is 1. The Morgan fingerprint density at radius 2 is 1.89 bits per heavy atom. The van der Waals surface area contributed by atoms with E-state index < -0.39 is 12.1 Å². The van der Waals surface area contributed by atoms with Gasteiger partial charge in [-0.3, -0.25) is 5.32 Å². The molecule has 0 aliphatic heterocycles. The molecule has 98 valence electrons. The minimum atomic E-state index is -0.571. The lowest BCUT2D eigenvalue weighted by Gasteiger charge is -2.11. The summed E-state index contributed by atoms with van der Waals surface area (Å²) >= 11 is 1.44. The van der Waals surface area contributed by atoms with E-state index in [0.29, 0.717) is 10.6 Å². The molecule has 1 N–H and O–H groups in total. The number of amides is 1. The predicted octanol–water partition coefficient (Wildman–Crippen LogP) is 2.59. The van der Waals surface area contributed by atoms with Crippen LogP contribution in [0.3, 0.4) is 0 Å². The van der Waals surface area contributed by atoms with Crippen LogP contribution >= 0.6 is 11.3 Å². The Hall–Kier alpha value is -1.56. The maximum Gasteiger partial charge on any atom is 0.411 e. The lowest BCUT2D eigenvalue weighted by molar-refractivity contribution is 0.0601. The van der Waals surface area contributed by atoms with Crippen molar-refractivity contribution in [1.29, 1.82) is 0 Å². The molecule has 18 heavy (non-hydrogen) atoms. The second-order valence-corrected chi connectivity index (χ2v) is 5.13. The molecule has 1 amide bonds. The van der Waals surface area contributed by atoms with E-state index in [1.54, 1.807) is 0 Å². The van der Waals surface area contributed by atoms with E-state index in [0.717, 1.165) is 36.1 Å². The fourth-order valence-electron chi connectivity index (χ4n) is 2.12. The molecule has 0 bridgehead atoms. The van der Waals surface area contributed by atoms with Crippen LogP contribution in [-0.2, 0) is 22.3 Å². The van der Waals surface area contributed by atoms with Gasteiger partial charge in [0.05, 0.1) is 19.8 Å². The quantitative estimate of drug-likeness (QED) is 0.838. The molecular weight excluding hydrogens is 254 g/mol. The Kier molecular flexibility index (Phi) is 3.86.